The van der Waals surface area contributed by atoms with Crippen molar-refractivity contribution in [2.24, 2.45) is 5.92 Å². The number of carbonyl (C=O) groups is 3. The molecule has 0 aromatic rings. The van der Waals surface area contributed by atoms with Crippen LogP contribution in [0.2, 0.25) is 0 Å². The van der Waals surface area contributed by atoms with Crippen LogP contribution in [0.3, 0.4) is 0 Å². The molecule has 0 bridgehead atoms. The van der Waals surface area contributed by atoms with Crippen LogP contribution in [-0.4, -0.2) is 57.0 Å². The lowest BCUT2D eigenvalue weighted by atomic mass is 9.85. The lowest BCUT2D eigenvalue weighted by molar-refractivity contribution is -0.134. The van der Waals surface area contributed by atoms with Gasteiger partial charge in [-0.3, -0.25) is 4.79 Å². The standard InChI is InChI=1S/C20H34N2O6/c1-10-11-20(21-16(25)27-18(4,5)6)14(23)13(12(2)3)22(15(20)24)17(26)28-19(7,8)9/h10,12-14,23H,1,11H2,2-9H3,(H,21,25)/t13-,14?,20-/m1/s1. The number of rotatable bonds is 4. The summed E-state index contributed by atoms with van der Waals surface area (Å²) in [6, 6.07) is -0.878. The lowest BCUT2D eigenvalue weighted by Crippen LogP contribution is -2.60. The number of amides is 3. The highest BCUT2D eigenvalue weighted by molar-refractivity contribution is 6.03. The number of aliphatic hydroxyl groups is 1. The molecular weight excluding hydrogens is 364 g/mol. The summed E-state index contributed by atoms with van der Waals surface area (Å²) in [5.41, 5.74) is -3.39. The Morgan fingerprint density at radius 3 is 2.11 bits per heavy atom. The van der Waals surface area contributed by atoms with Gasteiger partial charge in [-0.1, -0.05) is 19.9 Å². The van der Waals surface area contributed by atoms with Gasteiger partial charge in [-0.25, -0.2) is 14.5 Å². The molecule has 1 aliphatic rings. The number of hydrogen-bond acceptors (Lipinski definition) is 6. The molecule has 0 aromatic carbocycles. The number of nitrogens with one attached hydrogen (secondary N) is 1. The SMILES string of the molecule is C=CC[C@]1(NC(=O)OC(C)(C)C)C(=O)N(C(=O)OC(C)(C)C)[C@H](C(C)C)C1O. The van der Waals surface area contributed by atoms with E-state index in [9.17, 15) is 19.5 Å². The number of nitrogens with zero attached hydrogens (tertiary/aromatic N) is 1. The van der Waals surface area contributed by atoms with Crippen molar-refractivity contribution in [3.05, 3.63) is 12.7 Å². The molecule has 160 valence electrons. The summed E-state index contributed by atoms with van der Waals surface area (Å²) < 4.78 is 10.6. The maximum atomic E-state index is 13.3. The summed E-state index contributed by atoms with van der Waals surface area (Å²) in [5.74, 6) is -1.03. The minimum absolute atomic E-state index is 0.0746. The van der Waals surface area contributed by atoms with Crippen LogP contribution in [-0.2, 0) is 14.3 Å². The number of hydrogen-bond donors (Lipinski definition) is 2. The molecule has 1 fully saturated rings. The summed E-state index contributed by atoms with van der Waals surface area (Å²) in [6.45, 7) is 17.3. The molecule has 0 aliphatic carbocycles. The first kappa shape index (κ1) is 23.9. The van der Waals surface area contributed by atoms with E-state index in [0.29, 0.717) is 0 Å². The number of ether oxygens (including phenoxy) is 2. The van der Waals surface area contributed by atoms with Crippen molar-refractivity contribution in [2.45, 2.75) is 90.7 Å². The Bertz CT molecular complexity index is 632. The Morgan fingerprint density at radius 2 is 1.71 bits per heavy atom. The van der Waals surface area contributed by atoms with Gasteiger partial charge in [-0.2, -0.15) is 0 Å². The summed E-state index contributed by atoms with van der Waals surface area (Å²) in [5, 5.41) is 13.5. The van der Waals surface area contributed by atoms with E-state index in [1.54, 1.807) is 55.4 Å². The van der Waals surface area contributed by atoms with Gasteiger partial charge in [0.25, 0.3) is 5.91 Å². The topological polar surface area (TPSA) is 105 Å². The Balaban J connectivity index is 3.36. The fourth-order valence-corrected chi connectivity index (χ4v) is 3.19. The Kier molecular flexibility index (Phi) is 6.93. The smallest absolute Gasteiger partial charge is 0.417 e. The van der Waals surface area contributed by atoms with Crippen molar-refractivity contribution in [1.29, 1.82) is 0 Å². The third-order valence-corrected chi connectivity index (χ3v) is 4.19. The van der Waals surface area contributed by atoms with E-state index in [2.05, 4.69) is 11.9 Å². The molecule has 3 amide bonds. The number of aliphatic hydroxyl groups excluding tert-OH is 1. The highest BCUT2D eigenvalue weighted by Gasteiger charge is 2.62. The molecule has 0 spiro atoms. The second-order valence-corrected chi connectivity index (χ2v) is 9.43. The second-order valence-electron chi connectivity index (χ2n) is 9.43. The fourth-order valence-electron chi connectivity index (χ4n) is 3.19. The number of imide groups is 1. The van der Waals surface area contributed by atoms with E-state index < -0.39 is 47.0 Å². The fraction of sp³-hybridized carbons (Fsp3) is 0.750. The average Bonchev–Trinajstić information content (AvgIpc) is 2.66. The summed E-state index contributed by atoms with van der Waals surface area (Å²) in [4.78, 5) is 39.4. The summed E-state index contributed by atoms with van der Waals surface area (Å²) in [7, 11) is 0. The third-order valence-electron chi connectivity index (χ3n) is 4.19. The molecule has 3 atom stereocenters. The van der Waals surface area contributed by atoms with Crippen LogP contribution >= 0.6 is 0 Å². The number of alkyl carbamates (subject to hydrolysis) is 1. The van der Waals surface area contributed by atoms with Crippen molar-refractivity contribution < 1.29 is 29.0 Å². The molecule has 1 saturated heterocycles. The Hall–Kier alpha value is -2.09. The van der Waals surface area contributed by atoms with Crippen LogP contribution in [0.25, 0.3) is 0 Å². The second kappa shape index (κ2) is 8.11. The molecule has 0 aromatic heterocycles. The van der Waals surface area contributed by atoms with Gasteiger partial charge < -0.3 is 19.9 Å². The van der Waals surface area contributed by atoms with Gasteiger partial charge in [0.05, 0.1) is 6.04 Å². The van der Waals surface area contributed by atoms with Crippen LogP contribution < -0.4 is 5.32 Å². The first-order chi connectivity index (χ1) is 12.6. The van der Waals surface area contributed by atoms with Crippen LogP contribution in [0, 0.1) is 5.92 Å². The van der Waals surface area contributed by atoms with Gasteiger partial charge >= 0.3 is 12.2 Å². The largest absolute Gasteiger partial charge is 0.444 e. The molecule has 8 nitrogen and oxygen atoms in total. The minimum atomic E-state index is -1.77. The van der Waals surface area contributed by atoms with E-state index in [0.717, 1.165) is 4.90 Å². The quantitative estimate of drug-likeness (QED) is 0.706. The van der Waals surface area contributed by atoms with E-state index >= 15 is 0 Å². The molecule has 1 unspecified atom stereocenters. The normalized spacial score (nSPS) is 25.6. The van der Waals surface area contributed by atoms with E-state index in [1.807, 2.05) is 0 Å². The molecule has 28 heavy (non-hydrogen) atoms. The monoisotopic (exact) mass is 398 g/mol. The van der Waals surface area contributed by atoms with Crippen LogP contribution in [0.1, 0.15) is 61.8 Å². The average molecular weight is 399 g/mol. The molecule has 2 N–H and O–H groups in total. The molecule has 1 aliphatic heterocycles. The zero-order valence-corrected chi connectivity index (χ0v) is 18.2. The minimum Gasteiger partial charge on any atom is -0.444 e. The molecule has 1 rings (SSSR count). The van der Waals surface area contributed by atoms with Crippen molar-refractivity contribution in [1.82, 2.24) is 10.2 Å². The predicted molar refractivity (Wildman–Crippen MR) is 105 cm³/mol. The highest BCUT2D eigenvalue weighted by Crippen LogP contribution is 2.37. The molecule has 0 radical (unpaired) electrons. The van der Waals surface area contributed by atoms with Gasteiger partial charge in [-0.15, -0.1) is 6.58 Å². The van der Waals surface area contributed by atoms with E-state index in [-0.39, 0.29) is 12.3 Å². The van der Waals surface area contributed by atoms with Crippen molar-refractivity contribution >= 4 is 18.1 Å². The first-order valence-electron chi connectivity index (χ1n) is 9.42. The maximum Gasteiger partial charge on any atom is 0.417 e. The Labute approximate surface area is 167 Å². The molecule has 1 heterocycles. The number of carbonyl (C=O) groups excluding carboxylic acids is 3. The predicted octanol–water partition coefficient (Wildman–Crippen LogP) is 2.99. The van der Waals surface area contributed by atoms with Gasteiger partial charge in [0.2, 0.25) is 0 Å². The van der Waals surface area contributed by atoms with Gasteiger partial charge in [0.1, 0.15) is 17.3 Å². The molecule has 8 heteroatoms. The summed E-state index contributed by atoms with van der Waals surface area (Å²) >= 11 is 0. The van der Waals surface area contributed by atoms with Gasteiger partial charge in [0, 0.05) is 6.42 Å². The Morgan fingerprint density at radius 1 is 1.21 bits per heavy atom. The first-order valence-corrected chi connectivity index (χ1v) is 9.42. The van der Waals surface area contributed by atoms with Crippen LogP contribution in [0.15, 0.2) is 12.7 Å². The zero-order chi connectivity index (χ0) is 22.1. The molecular formula is C20H34N2O6. The lowest BCUT2D eigenvalue weighted by Gasteiger charge is -2.32. The maximum absolute atomic E-state index is 13.3. The van der Waals surface area contributed by atoms with Crippen LogP contribution in [0.4, 0.5) is 9.59 Å². The van der Waals surface area contributed by atoms with Gasteiger partial charge in [-0.05, 0) is 47.5 Å². The zero-order valence-electron chi connectivity index (χ0n) is 18.2. The van der Waals surface area contributed by atoms with Gasteiger partial charge in [0.15, 0.2) is 5.54 Å². The van der Waals surface area contributed by atoms with Crippen molar-refractivity contribution in [2.75, 3.05) is 0 Å². The third kappa shape index (κ3) is 5.25. The molecule has 0 saturated carbocycles. The van der Waals surface area contributed by atoms with Crippen molar-refractivity contribution in [3.63, 3.8) is 0 Å². The van der Waals surface area contributed by atoms with Crippen molar-refractivity contribution in [3.8, 4) is 0 Å². The van der Waals surface area contributed by atoms with Crippen LogP contribution in [0.5, 0.6) is 0 Å². The van der Waals surface area contributed by atoms with E-state index in [4.69, 9.17) is 9.47 Å². The summed E-state index contributed by atoms with van der Waals surface area (Å²) in [6.07, 6.45) is -1.76. The number of likely N-dealkylation sites (tertiary alicyclic amines) is 1. The van der Waals surface area contributed by atoms with E-state index in [1.165, 1.54) is 6.08 Å². The highest BCUT2D eigenvalue weighted by atomic mass is 16.6.